The fourth-order valence-corrected chi connectivity index (χ4v) is 7.99. The summed E-state index contributed by atoms with van der Waals surface area (Å²) in [4.78, 5) is 51.2. The van der Waals surface area contributed by atoms with Crippen molar-refractivity contribution in [1.82, 2.24) is 10.2 Å². The van der Waals surface area contributed by atoms with E-state index in [9.17, 15) is 24.3 Å². The van der Waals surface area contributed by atoms with Crippen LogP contribution in [-0.2, 0) is 32.6 Å². The van der Waals surface area contributed by atoms with E-state index >= 15 is 0 Å². The molecule has 0 radical (unpaired) electrons. The number of aliphatic carboxylic acids is 2. The van der Waals surface area contributed by atoms with Gasteiger partial charge in [-0.1, -0.05) is 23.2 Å². The van der Waals surface area contributed by atoms with Gasteiger partial charge >= 0.3 is 5.97 Å². The van der Waals surface area contributed by atoms with E-state index in [0.717, 1.165) is 10.6 Å². The van der Waals surface area contributed by atoms with Gasteiger partial charge in [0.1, 0.15) is 18.5 Å². The average molecular weight is 643 g/mol. The fourth-order valence-electron chi connectivity index (χ4n) is 4.25. The number of amides is 2. The van der Waals surface area contributed by atoms with Gasteiger partial charge in [-0.15, -0.1) is 35.3 Å². The smallest absolute Gasteiger partial charge is 0.303 e. The van der Waals surface area contributed by atoms with Gasteiger partial charge in [-0.05, 0) is 30.2 Å². The van der Waals surface area contributed by atoms with Gasteiger partial charge in [0.05, 0.1) is 22.4 Å². The number of carboxylic acid groups (broad SMARTS) is 2. The van der Waals surface area contributed by atoms with Gasteiger partial charge < -0.3 is 20.3 Å². The Morgan fingerprint density at radius 1 is 1.23 bits per heavy atom. The zero-order chi connectivity index (χ0) is 29.0. The lowest BCUT2D eigenvalue weighted by atomic mass is 10.0. The molecule has 1 aromatic carbocycles. The number of aromatic nitrogens is 1. The number of benzene rings is 1. The van der Waals surface area contributed by atoms with Crippen LogP contribution < -0.4 is 15.0 Å². The predicted octanol–water partition coefficient (Wildman–Crippen LogP) is 2.51. The fraction of sp³-hybridized carbons (Fsp3) is 0.346. The Balaban J connectivity index is 1.37. The summed E-state index contributed by atoms with van der Waals surface area (Å²) in [6.07, 6.45) is 3.07. The van der Waals surface area contributed by atoms with Crippen molar-refractivity contribution in [1.29, 1.82) is 0 Å². The van der Waals surface area contributed by atoms with Crippen molar-refractivity contribution in [3.05, 3.63) is 63.5 Å². The van der Waals surface area contributed by atoms with Crippen molar-refractivity contribution in [3.8, 4) is 0 Å². The number of rotatable bonds is 12. The van der Waals surface area contributed by atoms with Crippen LogP contribution in [0.15, 0.2) is 57.6 Å². The molecular formula is C26H25Cl2N3O6S3. The normalized spacial score (nSPS) is 18.3. The number of hydrogen-bond acceptors (Lipinski definition) is 8. The second-order valence-corrected chi connectivity index (χ2v) is 13.1. The number of β-lactam (4-membered cyclic amide) rings is 1. The molecule has 0 aliphatic carbocycles. The van der Waals surface area contributed by atoms with Crippen molar-refractivity contribution < 1.29 is 34.0 Å². The maximum atomic E-state index is 12.9. The highest BCUT2D eigenvalue weighted by Crippen LogP contribution is 2.41. The summed E-state index contributed by atoms with van der Waals surface area (Å²) in [6, 6.07) is 7.96. The van der Waals surface area contributed by atoms with E-state index in [0.29, 0.717) is 44.9 Å². The van der Waals surface area contributed by atoms with E-state index in [1.807, 2.05) is 29.9 Å². The highest BCUT2D eigenvalue weighted by Gasteiger charge is 2.52. The Morgan fingerprint density at radius 3 is 2.73 bits per heavy atom. The summed E-state index contributed by atoms with van der Waals surface area (Å²) >= 11 is 16.1. The van der Waals surface area contributed by atoms with E-state index in [4.69, 9.17) is 28.3 Å². The first-order valence-electron chi connectivity index (χ1n) is 12.1. The van der Waals surface area contributed by atoms with Crippen molar-refractivity contribution in [2.75, 3.05) is 17.3 Å². The number of hydrogen-bond donors (Lipinski definition) is 2. The molecule has 2 aromatic rings. The van der Waals surface area contributed by atoms with Crippen LogP contribution in [0.5, 0.6) is 0 Å². The number of aryl methyl sites for hydroxylation is 2. The van der Waals surface area contributed by atoms with Crippen LogP contribution in [0.4, 0.5) is 0 Å². The van der Waals surface area contributed by atoms with Crippen LogP contribution in [0, 0.1) is 0 Å². The highest BCUT2D eigenvalue weighted by molar-refractivity contribution is 8.01. The first-order chi connectivity index (χ1) is 19.0. The molecule has 40 heavy (non-hydrogen) atoms. The van der Waals surface area contributed by atoms with Crippen molar-refractivity contribution in [2.45, 2.75) is 40.5 Å². The molecule has 0 spiro atoms. The maximum absolute atomic E-state index is 12.9. The Hall–Kier alpha value is -2.38. The van der Waals surface area contributed by atoms with Crippen molar-refractivity contribution >= 4 is 82.2 Å². The lowest BCUT2D eigenvalue weighted by molar-refractivity contribution is -0.679. The number of carbonyl (C=O) groups is 4. The first kappa shape index (κ1) is 30.6. The number of nitrogens with zero attached hydrogens (tertiary/aromatic N) is 2. The minimum atomic E-state index is -1.43. The molecule has 4 rings (SSSR count). The molecular weight excluding hydrogens is 617 g/mol. The number of fused-ring (bicyclic) bond motifs is 1. The molecule has 2 aliphatic heterocycles. The Kier molecular flexibility index (Phi) is 10.3. The first-order valence-corrected chi connectivity index (χ1v) is 15.9. The second kappa shape index (κ2) is 13.5. The van der Waals surface area contributed by atoms with Crippen molar-refractivity contribution in [3.63, 3.8) is 0 Å². The molecule has 1 aromatic heterocycles. The number of thioether (sulfide) groups is 3. The van der Waals surface area contributed by atoms with Crippen LogP contribution in [0.1, 0.15) is 18.5 Å². The Labute approximate surface area is 253 Å². The number of carboxylic acids is 2. The summed E-state index contributed by atoms with van der Waals surface area (Å²) < 4.78 is 1.92. The van der Waals surface area contributed by atoms with E-state index < -0.39 is 29.3 Å². The SMILES string of the molecule is C[n+]1ccc(SCC2=C(C(=O)[O-])N3C(=O)[C@@H](NC(=O)CSc4cc(Cl)ccc4Cl)[C@H]3SC2)cc1CCCC(=O)O. The lowest BCUT2D eigenvalue weighted by Gasteiger charge is -2.50. The molecule has 1 fully saturated rings. The third kappa shape index (κ3) is 7.27. The Bertz CT molecular complexity index is 1390. The molecule has 0 saturated carbocycles. The molecule has 2 atom stereocenters. The van der Waals surface area contributed by atoms with Gasteiger partial charge in [-0.25, -0.2) is 4.57 Å². The Morgan fingerprint density at radius 2 is 2.00 bits per heavy atom. The van der Waals surface area contributed by atoms with Crippen LogP contribution >= 0.6 is 58.5 Å². The molecule has 0 unspecified atom stereocenters. The summed E-state index contributed by atoms with van der Waals surface area (Å²) in [5.41, 5.74) is 1.39. The zero-order valence-corrected chi connectivity index (χ0v) is 25.2. The van der Waals surface area contributed by atoms with Crippen LogP contribution in [0.25, 0.3) is 0 Å². The summed E-state index contributed by atoms with van der Waals surface area (Å²) in [5.74, 6) is -2.42. The van der Waals surface area contributed by atoms with E-state index in [2.05, 4.69) is 5.32 Å². The topological polar surface area (TPSA) is 131 Å². The molecule has 9 nitrogen and oxygen atoms in total. The molecule has 3 heterocycles. The summed E-state index contributed by atoms with van der Waals surface area (Å²) in [6.45, 7) is 0. The van der Waals surface area contributed by atoms with Gasteiger partial charge in [-0.3, -0.25) is 19.3 Å². The van der Waals surface area contributed by atoms with Crippen LogP contribution in [0.3, 0.4) is 0 Å². The molecule has 2 N–H and O–H groups in total. The molecule has 14 heteroatoms. The maximum Gasteiger partial charge on any atom is 0.303 e. The van der Waals surface area contributed by atoms with Gasteiger partial charge in [0, 0.05) is 51.3 Å². The van der Waals surface area contributed by atoms with Crippen LogP contribution in [-0.4, -0.2) is 62.4 Å². The largest absolute Gasteiger partial charge is 0.543 e. The number of nitrogens with one attached hydrogen (secondary N) is 1. The van der Waals surface area contributed by atoms with Gasteiger partial charge in [-0.2, -0.15) is 0 Å². The molecule has 212 valence electrons. The van der Waals surface area contributed by atoms with Gasteiger partial charge in [0.25, 0.3) is 5.91 Å². The monoisotopic (exact) mass is 641 g/mol. The number of pyridine rings is 1. The standard InChI is InChI=1S/C26H25Cl2N3O6S3/c1-30-8-7-17(10-16(30)3-2-4-21(33)34)38-11-14-12-40-25-22(24(35)31(25)23(14)26(36)37)29-20(32)13-39-19-9-15(27)5-6-18(19)28/h5-10,22,25H,2-4,11-13H2,1H3,(H2-,29,32,33,34,36,37)/t22-,25-/m1/s1. The number of carbonyl (C=O) groups excluding carboxylic acids is 3. The van der Waals surface area contributed by atoms with E-state index in [-0.39, 0.29) is 23.8 Å². The third-order valence-electron chi connectivity index (χ3n) is 6.27. The zero-order valence-electron chi connectivity index (χ0n) is 21.2. The summed E-state index contributed by atoms with van der Waals surface area (Å²) in [7, 11) is 1.88. The quantitative estimate of drug-likeness (QED) is 0.204. The van der Waals surface area contributed by atoms with E-state index in [1.165, 1.54) is 40.2 Å². The van der Waals surface area contributed by atoms with Crippen LogP contribution in [0.2, 0.25) is 10.0 Å². The second-order valence-electron chi connectivity index (χ2n) is 9.06. The average Bonchev–Trinajstić information content (AvgIpc) is 2.91. The minimum absolute atomic E-state index is 0.0133. The van der Waals surface area contributed by atoms with Crippen molar-refractivity contribution in [2.24, 2.45) is 7.05 Å². The molecule has 0 bridgehead atoms. The summed E-state index contributed by atoms with van der Waals surface area (Å²) in [5, 5.41) is 24.1. The number of halogens is 2. The third-order valence-corrected chi connectivity index (χ3v) is 10.4. The van der Waals surface area contributed by atoms with Gasteiger partial charge in [0.2, 0.25) is 5.91 Å². The minimum Gasteiger partial charge on any atom is -0.543 e. The predicted molar refractivity (Wildman–Crippen MR) is 153 cm³/mol. The molecule has 2 amide bonds. The molecule has 2 aliphatic rings. The van der Waals surface area contributed by atoms with Gasteiger partial charge in [0.15, 0.2) is 11.9 Å². The lowest BCUT2D eigenvalue weighted by Crippen LogP contribution is -2.71. The van der Waals surface area contributed by atoms with E-state index in [1.54, 1.807) is 18.2 Å². The molecule has 1 saturated heterocycles. The highest BCUT2D eigenvalue weighted by atomic mass is 35.5.